The average molecular weight is 285 g/mol. The van der Waals surface area contributed by atoms with Gasteiger partial charge in [-0.25, -0.2) is 8.42 Å². The Morgan fingerprint density at radius 1 is 1.58 bits per heavy atom. The lowest BCUT2D eigenvalue weighted by Gasteiger charge is -2.32. The number of carbonyl (C=O) groups is 1. The van der Waals surface area contributed by atoms with Crippen molar-refractivity contribution in [2.75, 3.05) is 19.6 Å². The van der Waals surface area contributed by atoms with E-state index in [4.69, 9.17) is 5.11 Å². The average Bonchev–Trinajstić information content (AvgIpc) is 2.39. The van der Waals surface area contributed by atoms with Crippen LogP contribution in [0.25, 0.3) is 0 Å². The predicted molar refractivity (Wildman–Crippen MR) is 67.9 cm³/mol. The molecule has 1 fully saturated rings. The molecule has 2 heterocycles. The first kappa shape index (κ1) is 13.9. The number of hydrogen-bond acceptors (Lipinski definition) is 5. The highest BCUT2D eigenvalue weighted by Gasteiger charge is 2.36. The maximum Gasteiger partial charge on any atom is 0.323 e. The summed E-state index contributed by atoms with van der Waals surface area (Å²) in [5.74, 6) is -1.37. The minimum Gasteiger partial charge on any atom is -0.480 e. The zero-order valence-electron chi connectivity index (χ0n) is 10.2. The quantitative estimate of drug-likeness (QED) is 0.756. The topological polar surface area (TPSA) is 99.6 Å². The Balaban J connectivity index is 2.20. The van der Waals surface area contributed by atoms with Crippen LogP contribution in [0.2, 0.25) is 0 Å². The van der Waals surface area contributed by atoms with Crippen molar-refractivity contribution in [3.8, 4) is 0 Å². The fraction of sp³-hybridized carbons (Fsp3) is 0.455. The number of piperazine rings is 1. The van der Waals surface area contributed by atoms with Gasteiger partial charge in [0.1, 0.15) is 6.04 Å². The standard InChI is InChI=1S/C11H15N3O4S/c15-11(16)10-7-13-4-5-14(10)19(17,18)8-9-2-1-3-12-6-9/h1-3,6,10,13H,4-5,7-8H2,(H,15,16). The number of carboxylic acids is 1. The molecule has 1 saturated heterocycles. The van der Waals surface area contributed by atoms with Crippen molar-refractivity contribution in [1.29, 1.82) is 0 Å². The van der Waals surface area contributed by atoms with Gasteiger partial charge >= 0.3 is 5.97 Å². The van der Waals surface area contributed by atoms with Gasteiger partial charge < -0.3 is 10.4 Å². The van der Waals surface area contributed by atoms with Crippen LogP contribution in [-0.4, -0.2) is 54.5 Å². The summed E-state index contributed by atoms with van der Waals surface area (Å²) in [6, 6.07) is 2.26. The summed E-state index contributed by atoms with van der Waals surface area (Å²) in [5, 5.41) is 12.0. The fourth-order valence-corrected chi connectivity index (χ4v) is 3.69. The molecular formula is C11H15N3O4S. The highest BCUT2D eigenvalue weighted by Crippen LogP contribution is 2.15. The van der Waals surface area contributed by atoms with Crippen LogP contribution in [0.4, 0.5) is 0 Å². The number of hydrogen-bond donors (Lipinski definition) is 2. The third-order valence-electron chi connectivity index (χ3n) is 2.91. The Kier molecular flexibility index (Phi) is 4.13. The van der Waals surface area contributed by atoms with Gasteiger partial charge in [0.25, 0.3) is 0 Å². The van der Waals surface area contributed by atoms with Crippen molar-refractivity contribution in [3.63, 3.8) is 0 Å². The van der Waals surface area contributed by atoms with Crippen LogP contribution in [0.5, 0.6) is 0 Å². The van der Waals surface area contributed by atoms with Gasteiger partial charge in [-0.1, -0.05) is 6.07 Å². The highest BCUT2D eigenvalue weighted by molar-refractivity contribution is 7.88. The van der Waals surface area contributed by atoms with Crippen molar-refractivity contribution < 1.29 is 18.3 Å². The molecule has 0 aliphatic carbocycles. The molecule has 1 aromatic rings. The number of nitrogens with zero attached hydrogens (tertiary/aromatic N) is 2. The van der Waals surface area contributed by atoms with Crippen molar-refractivity contribution in [2.24, 2.45) is 0 Å². The molecule has 19 heavy (non-hydrogen) atoms. The molecule has 0 radical (unpaired) electrons. The third-order valence-corrected chi connectivity index (χ3v) is 4.76. The first-order valence-corrected chi connectivity index (χ1v) is 7.43. The predicted octanol–water partition coefficient (Wildman–Crippen LogP) is -0.730. The van der Waals surface area contributed by atoms with E-state index >= 15 is 0 Å². The molecule has 0 bridgehead atoms. The summed E-state index contributed by atoms with van der Waals surface area (Å²) < 4.78 is 25.6. The van der Waals surface area contributed by atoms with Crippen LogP contribution in [0.3, 0.4) is 0 Å². The normalized spacial score (nSPS) is 21.2. The van der Waals surface area contributed by atoms with Crippen LogP contribution in [0.15, 0.2) is 24.5 Å². The highest BCUT2D eigenvalue weighted by atomic mass is 32.2. The fourth-order valence-electron chi connectivity index (χ4n) is 2.01. The summed E-state index contributed by atoms with van der Waals surface area (Å²) in [5.41, 5.74) is 0.546. The minimum atomic E-state index is -3.66. The van der Waals surface area contributed by atoms with Gasteiger partial charge in [-0.05, 0) is 11.6 Å². The molecular weight excluding hydrogens is 270 g/mol. The first-order valence-electron chi connectivity index (χ1n) is 5.82. The zero-order chi connectivity index (χ0) is 13.9. The van der Waals surface area contributed by atoms with Gasteiger partial charge in [0.15, 0.2) is 0 Å². The Bertz CT molecular complexity index is 546. The van der Waals surface area contributed by atoms with Crippen molar-refractivity contribution in [3.05, 3.63) is 30.1 Å². The van der Waals surface area contributed by atoms with E-state index in [-0.39, 0.29) is 18.8 Å². The van der Waals surface area contributed by atoms with Crippen molar-refractivity contribution in [1.82, 2.24) is 14.6 Å². The van der Waals surface area contributed by atoms with Crippen LogP contribution in [-0.2, 0) is 20.6 Å². The maximum absolute atomic E-state index is 12.3. The number of carboxylic acid groups (broad SMARTS) is 1. The van der Waals surface area contributed by atoms with E-state index in [1.54, 1.807) is 18.3 Å². The Morgan fingerprint density at radius 2 is 2.37 bits per heavy atom. The van der Waals surface area contributed by atoms with Gasteiger partial charge in [0.2, 0.25) is 10.0 Å². The van der Waals surface area contributed by atoms with Gasteiger partial charge in [0, 0.05) is 32.0 Å². The lowest BCUT2D eigenvalue weighted by atomic mass is 10.2. The number of sulfonamides is 1. The first-order chi connectivity index (χ1) is 9.00. The van der Waals surface area contributed by atoms with Crippen LogP contribution in [0, 0.1) is 0 Å². The summed E-state index contributed by atoms with van der Waals surface area (Å²) in [4.78, 5) is 15.0. The second-order valence-electron chi connectivity index (χ2n) is 4.29. The SMILES string of the molecule is O=C(O)C1CNCCN1S(=O)(=O)Cc1cccnc1. The molecule has 104 valence electrons. The smallest absolute Gasteiger partial charge is 0.323 e. The molecule has 1 aliphatic rings. The molecule has 1 aromatic heterocycles. The van der Waals surface area contributed by atoms with E-state index in [9.17, 15) is 13.2 Å². The Morgan fingerprint density at radius 3 is 3.00 bits per heavy atom. The van der Waals surface area contributed by atoms with Crippen molar-refractivity contribution >= 4 is 16.0 Å². The van der Waals surface area contributed by atoms with Gasteiger partial charge in [0.05, 0.1) is 5.75 Å². The van der Waals surface area contributed by atoms with E-state index < -0.39 is 22.0 Å². The third kappa shape index (κ3) is 3.28. The van der Waals surface area contributed by atoms with E-state index in [1.165, 1.54) is 6.20 Å². The molecule has 8 heteroatoms. The zero-order valence-corrected chi connectivity index (χ0v) is 11.0. The van der Waals surface area contributed by atoms with Gasteiger partial charge in [-0.3, -0.25) is 9.78 Å². The molecule has 0 spiro atoms. The van der Waals surface area contributed by atoms with Crippen LogP contribution >= 0.6 is 0 Å². The summed E-state index contributed by atoms with van der Waals surface area (Å²) in [7, 11) is -3.66. The number of nitrogens with one attached hydrogen (secondary N) is 1. The maximum atomic E-state index is 12.3. The molecule has 1 unspecified atom stereocenters. The Hall–Kier alpha value is -1.51. The second-order valence-corrected chi connectivity index (χ2v) is 6.21. The van der Waals surface area contributed by atoms with Gasteiger partial charge in [-0.2, -0.15) is 4.31 Å². The lowest BCUT2D eigenvalue weighted by Crippen LogP contribution is -2.57. The lowest BCUT2D eigenvalue weighted by molar-refractivity contribution is -0.141. The van der Waals surface area contributed by atoms with Gasteiger partial charge in [-0.15, -0.1) is 0 Å². The second kappa shape index (κ2) is 5.64. The monoisotopic (exact) mass is 285 g/mol. The van der Waals surface area contributed by atoms with Crippen LogP contribution in [0.1, 0.15) is 5.56 Å². The molecule has 0 amide bonds. The summed E-state index contributed by atoms with van der Waals surface area (Å²) >= 11 is 0. The van der Waals surface area contributed by atoms with E-state index in [2.05, 4.69) is 10.3 Å². The van der Waals surface area contributed by atoms with E-state index in [0.717, 1.165) is 4.31 Å². The number of aromatic nitrogens is 1. The summed E-state index contributed by atoms with van der Waals surface area (Å²) in [6.45, 7) is 0.747. The minimum absolute atomic E-state index is 0.127. The number of pyridine rings is 1. The van der Waals surface area contributed by atoms with E-state index in [0.29, 0.717) is 12.1 Å². The molecule has 2 N–H and O–H groups in total. The van der Waals surface area contributed by atoms with E-state index in [1.807, 2.05) is 0 Å². The Labute approximate surface area is 111 Å². The largest absolute Gasteiger partial charge is 0.480 e. The summed E-state index contributed by atoms with van der Waals surface area (Å²) in [6.07, 6.45) is 3.02. The molecule has 0 aromatic carbocycles. The number of rotatable bonds is 4. The van der Waals surface area contributed by atoms with Crippen LogP contribution < -0.4 is 5.32 Å². The molecule has 1 aliphatic heterocycles. The van der Waals surface area contributed by atoms with Crippen molar-refractivity contribution in [2.45, 2.75) is 11.8 Å². The number of aliphatic carboxylic acids is 1. The molecule has 2 rings (SSSR count). The molecule has 0 saturated carbocycles. The molecule has 7 nitrogen and oxygen atoms in total. The molecule has 1 atom stereocenters.